The number of rotatable bonds is 16. The summed E-state index contributed by atoms with van der Waals surface area (Å²) in [5.74, 6) is 0.891. The van der Waals surface area contributed by atoms with Crippen LogP contribution in [-0.4, -0.2) is 99.8 Å². The van der Waals surface area contributed by atoms with Crippen molar-refractivity contribution in [3.63, 3.8) is 0 Å². The average molecular weight is 926 g/mol. The molecule has 0 saturated carbocycles. The second-order valence-corrected chi connectivity index (χ2v) is 20.4. The quantitative estimate of drug-likeness (QED) is 0.0973. The van der Waals surface area contributed by atoms with Crippen molar-refractivity contribution in [2.75, 3.05) is 64.4 Å². The zero-order valence-electron chi connectivity index (χ0n) is 40.5. The number of alkyl halides is 2. The van der Waals surface area contributed by atoms with E-state index >= 15 is 8.78 Å². The lowest BCUT2D eigenvalue weighted by Gasteiger charge is -2.44. The van der Waals surface area contributed by atoms with E-state index in [1.807, 2.05) is 32.3 Å². The highest BCUT2D eigenvalue weighted by Gasteiger charge is 2.36. The summed E-state index contributed by atoms with van der Waals surface area (Å²) in [6.07, 6.45) is 14.1. The van der Waals surface area contributed by atoms with Crippen LogP contribution in [0.25, 0.3) is 22.0 Å². The van der Waals surface area contributed by atoms with Crippen LogP contribution in [0.5, 0.6) is 0 Å². The molecule has 8 heterocycles. The largest absolute Gasteiger partial charge is 0.381 e. The fourth-order valence-corrected chi connectivity index (χ4v) is 12.2. The molecule has 11 nitrogen and oxygen atoms in total. The maximum absolute atomic E-state index is 15.6. The molecule has 10 rings (SSSR count). The minimum absolute atomic E-state index is 0.0315. The van der Waals surface area contributed by atoms with Crippen LogP contribution in [0.15, 0.2) is 73.5 Å². The Labute approximate surface area is 400 Å². The maximum Gasteiger partial charge on any atom is 0.264 e. The van der Waals surface area contributed by atoms with Crippen molar-refractivity contribution >= 4 is 28.7 Å². The molecule has 2 fully saturated rings. The summed E-state index contributed by atoms with van der Waals surface area (Å²) in [5, 5.41) is 9.66. The van der Waals surface area contributed by atoms with Crippen molar-refractivity contribution in [1.29, 1.82) is 0 Å². The van der Waals surface area contributed by atoms with Gasteiger partial charge >= 0.3 is 0 Å². The molecule has 5 aliphatic rings. The van der Waals surface area contributed by atoms with Crippen LogP contribution >= 0.6 is 0 Å². The first-order valence-corrected chi connectivity index (χ1v) is 25.1. The Hall–Kier alpha value is -5.37. The number of nitrogens with zero attached hydrogens (tertiary/aromatic N) is 8. The molecule has 0 atom stereocenters. The van der Waals surface area contributed by atoms with Crippen LogP contribution in [0.2, 0.25) is 0 Å². The molecule has 5 aromatic rings. The van der Waals surface area contributed by atoms with Gasteiger partial charge in [-0.1, -0.05) is 19.2 Å². The number of anilines is 2. The molecule has 13 heteroatoms. The van der Waals surface area contributed by atoms with E-state index < -0.39 is 6.43 Å². The van der Waals surface area contributed by atoms with E-state index in [9.17, 15) is 4.79 Å². The highest BCUT2D eigenvalue weighted by molar-refractivity contribution is 5.97. The molecule has 2 saturated heterocycles. The Kier molecular flexibility index (Phi) is 13.3. The molecule has 68 heavy (non-hydrogen) atoms. The number of aryl methyl sites for hydroxylation is 2. The predicted octanol–water partition coefficient (Wildman–Crippen LogP) is 10.3. The topological polar surface area (TPSA) is 86.9 Å². The van der Waals surface area contributed by atoms with E-state index in [1.165, 1.54) is 28.8 Å². The van der Waals surface area contributed by atoms with Gasteiger partial charge in [0.2, 0.25) is 0 Å². The zero-order valence-corrected chi connectivity index (χ0v) is 40.5. The van der Waals surface area contributed by atoms with E-state index in [4.69, 9.17) is 9.84 Å². The number of allylic oxidation sites excluding steroid dienone is 2. The molecular weight excluding hydrogens is 857 g/mol. The molecule has 0 spiro atoms. The lowest BCUT2D eigenvalue weighted by atomic mass is 9.72. The SMILES string of the molecule is C=C(C)N1CCc2c(c(N3CCCc4cc(-c5cn(CC(=C)N6CCC(CCCN7Cc8cc(C)c(C=O)cc8C7)(CCNC)CC6)c6ccncc56)c(C(F)F)cc43)nn2C2CCOCC2)C1. The van der Waals surface area contributed by atoms with Gasteiger partial charge in [-0.3, -0.25) is 19.4 Å². The maximum atomic E-state index is 15.6. The van der Waals surface area contributed by atoms with Gasteiger partial charge in [-0.05, 0) is 149 Å². The van der Waals surface area contributed by atoms with Crippen LogP contribution in [-0.2, 0) is 43.8 Å². The molecule has 5 aliphatic heterocycles. The smallest absolute Gasteiger partial charge is 0.264 e. The van der Waals surface area contributed by atoms with E-state index in [0.29, 0.717) is 18.7 Å². The number of likely N-dealkylation sites (tertiary alicyclic amines) is 1. The Morgan fingerprint density at radius 1 is 0.971 bits per heavy atom. The normalized spacial score (nSPS) is 18.6. The van der Waals surface area contributed by atoms with Gasteiger partial charge < -0.3 is 29.3 Å². The monoisotopic (exact) mass is 926 g/mol. The van der Waals surface area contributed by atoms with Gasteiger partial charge in [0.15, 0.2) is 5.82 Å². The van der Waals surface area contributed by atoms with Gasteiger partial charge in [-0.2, -0.15) is 5.10 Å². The van der Waals surface area contributed by atoms with E-state index in [0.717, 1.165) is 186 Å². The summed E-state index contributed by atoms with van der Waals surface area (Å²) in [5.41, 5.74) is 13.5. The number of piperidine rings is 1. The summed E-state index contributed by atoms with van der Waals surface area (Å²) < 4.78 is 41.4. The van der Waals surface area contributed by atoms with Crippen LogP contribution in [0.4, 0.5) is 20.3 Å². The minimum atomic E-state index is -2.68. The number of hydrogen-bond donors (Lipinski definition) is 1. The standard InChI is InChI=1S/C55H69F2N9O2/c1-37(2)63-21-10-51-49(35-63)54(60-66(51)44-11-24-68-25-12-44)65-20-6-8-40-28-45(46(53(56)57)29-52(40)65)48-34-64(50-9-17-59-30-47(48)50)31-39(4)62-22-15-55(16-23-62,14-18-58-5)13-7-19-61-32-41-26-38(3)43(36-67)27-42(41)33-61/h9,17,26-30,34,36,44,53,58H,1,4,6-8,10-16,18-25,31-33,35H2,2-3,5H3. The minimum Gasteiger partial charge on any atom is -0.381 e. The summed E-state index contributed by atoms with van der Waals surface area (Å²) in [6.45, 7) is 23.1. The number of pyridine rings is 1. The number of halogens is 2. The van der Waals surface area contributed by atoms with Crippen molar-refractivity contribution in [3.8, 4) is 11.1 Å². The Morgan fingerprint density at radius 3 is 2.51 bits per heavy atom. The second-order valence-electron chi connectivity index (χ2n) is 20.4. The van der Waals surface area contributed by atoms with Crippen LogP contribution < -0.4 is 10.2 Å². The molecular formula is C55H69F2N9O2. The van der Waals surface area contributed by atoms with Gasteiger partial charge in [-0.25, -0.2) is 8.78 Å². The van der Waals surface area contributed by atoms with Gasteiger partial charge in [-0.15, -0.1) is 0 Å². The summed E-state index contributed by atoms with van der Waals surface area (Å²) in [4.78, 5) is 25.6. The summed E-state index contributed by atoms with van der Waals surface area (Å²) >= 11 is 0. The van der Waals surface area contributed by atoms with Crippen LogP contribution in [0.3, 0.4) is 0 Å². The Morgan fingerprint density at radius 2 is 1.76 bits per heavy atom. The average Bonchev–Trinajstić information content (AvgIpc) is 4.05. The Balaban J connectivity index is 0.871. The van der Waals surface area contributed by atoms with Crippen molar-refractivity contribution in [1.82, 2.24) is 39.3 Å². The van der Waals surface area contributed by atoms with E-state index in [1.54, 1.807) is 12.3 Å². The number of aldehydes is 1. The molecule has 2 aromatic carbocycles. The Bertz CT molecular complexity index is 2690. The van der Waals surface area contributed by atoms with E-state index in [2.05, 4.69) is 77.6 Å². The molecule has 0 bridgehead atoms. The molecule has 3 aromatic heterocycles. The first-order valence-electron chi connectivity index (χ1n) is 25.1. The zero-order chi connectivity index (χ0) is 47.1. The van der Waals surface area contributed by atoms with Gasteiger partial charge in [0.1, 0.15) is 6.29 Å². The lowest BCUT2D eigenvalue weighted by Crippen LogP contribution is -2.41. The lowest BCUT2D eigenvalue weighted by molar-refractivity contribution is 0.0651. The fraction of sp³-hybridized carbons (Fsp3) is 0.509. The highest BCUT2D eigenvalue weighted by Crippen LogP contribution is 2.46. The highest BCUT2D eigenvalue weighted by atomic mass is 19.3. The number of aromatic nitrogens is 4. The third-order valence-electron chi connectivity index (χ3n) is 16.2. The van der Waals surface area contributed by atoms with E-state index in [-0.39, 0.29) is 17.0 Å². The van der Waals surface area contributed by atoms with Crippen LogP contribution in [0, 0.1) is 12.3 Å². The number of benzene rings is 2. The van der Waals surface area contributed by atoms with Crippen molar-refractivity contribution in [2.24, 2.45) is 5.41 Å². The number of carbonyl (C=O) groups excluding carboxylic acids is 1. The molecule has 0 amide bonds. The van der Waals surface area contributed by atoms with Gasteiger partial charge in [0.05, 0.1) is 18.1 Å². The number of carbonyl (C=O) groups is 1. The first-order chi connectivity index (χ1) is 33.0. The number of fused-ring (bicyclic) bond motifs is 4. The third kappa shape index (κ3) is 9.02. The molecule has 0 aliphatic carbocycles. The van der Waals surface area contributed by atoms with Gasteiger partial charge in [0.25, 0.3) is 6.43 Å². The summed E-state index contributed by atoms with van der Waals surface area (Å²) in [7, 11) is 2.05. The first kappa shape index (κ1) is 46.4. The molecule has 1 N–H and O–H groups in total. The summed E-state index contributed by atoms with van der Waals surface area (Å²) in [6, 6.07) is 10.3. The number of ether oxygens (including phenoxy) is 1. The number of hydrogen-bond acceptors (Lipinski definition) is 9. The fourth-order valence-electron chi connectivity index (χ4n) is 12.2. The molecule has 0 radical (unpaired) electrons. The predicted molar refractivity (Wildman–Crippen MR) is 267 cm³/mol. The number of nitrogens with one attached hydrogen (secondary N) is 1. The van der Waals surface area contributed by atoms with Crippen molar-refractivity contribution in [2.45, 2.75) is 117 Å². The molecule has 0 unspecified atom stereocenters. The van der Waals surface area contributed by atoms with Crippen molar-refractivity contribution < 1.29 is 18.3 Å². The second kappa shape index (κ2) is 19.6. The van der Waals surface area contributed by atoms with Crippen molar-refractivity contribution in [3.05, 3.63) is 118 Å². The van der Waals surface area contributed by atoms with Gasteiger partial charge in [0, 0.05) is 134 Å². The third-order valence-corrected chi connectivity index (χ3v) is 16.2. The van der Waals surface area contributed by atoms with Crippen LogP contribution in [0.1, 0.15) is 120 Å². The molecule has 360 valence electrons.